The largest absolute Gasteiger partial charge is 0.353 e. The maximum Gasteiger partial charge on any atom is 0.181 e. The summed E-state index contributed by atoms with van der Waals surface area (Å²) < 4.78 is 38.0. The van der Waals surface area contributed by atoms with Gasteiger partial charge in [-0.05, 0) is 91.0 Å². The van der Waals surface area contributed by atoms with Gasteiger partial charge in [-0.15, -0.1) is 0 Å². The topological polar surface area (TPSA) is 108 Å². The van der Waals surface area contributed by atoms with Crippen LogP contribution >= 0.6 is 0 Å². The molecule has 1 saturated heterocycles. The van der Waals surface area contributed by atoms with E-state index in [0.717, 1.165) is 64.0 Å². The number of aromatic nitrogens is 5. The second kappa shape index (κ2) is 11.0. The summed E-state index contributed by atoms with van der Waals surface area (Å²) in [4.78, 5) is 15.1. The van der Waals surface area contributed by atoms with E-state index in [2.05, 4.69) is 42.2 Å². The number of nitrogens with zero attached hydrogens (tertiary/aromatic N) is 4. The molecule has 5 heterocycles. The minimum atomic E-state index is -3.16. The number of rotatable bonds is 8. The third kappa shape index (κ3) is 5.80. The van der Waals surface area contributed by atoms with Crippen molar-refractivity contribution in [1.82, 2.24) is 30.0 Å². The quantitative estimate of drug-likeness (QED) is 0.219. The Morgan fingerprint density at radius 3 is 2.56 bits per heavy atom. The molecule has 6 aromatic rings. The Morgan fingerprint density at radius 2 is 1.72 bits per heavy atom. The monoisotopic (exact) mass is 594 g/mol. The van der Waals surface area contributed by atoms with Crippen molar-refractivity contribution in [1.29, 1.82) is 0 Å². The molecular formula is C33H31FN6O2S. The number of aromatic amines is 2. The molecule has 4 aromatic heterocycles. The van der Waals surface area contributed by atoms with Crippen LogP contribution in [0, 0.1) is 5.82 Å². The Morgan fingerprint density at radius 1 is 0.907 bits per heavy atom. The maximum atomic E-state index is 14.7. The van der Waals surface area contributed by atoms with E-state index in [0.29, 0.717) is 16.8 Å². The number of H-pyrrole nitrogens is 2. The molecule has 43 heavy (non-hydrogen) atoms. The van der Waals surface area contributed by atoms with E-state index in [4.69, 9.17) is 0 Å². The lowest BCUT2D eigenvalue weighted by atomic mass is 9.98. The predicted octanol–water partition coefficient (Wildman–Crippen LogP) is 6.16. The first kappa shape index (κ1) is 27.4. The molecule has 7 rings (SSSR count). The smallest absolute Gasteiger partial charge is 0.181 e. The molecule has 10 heteroatoms. The number of nitrogens with one attached hydrogen (secondary N) is 2. The SMILES string of the molecule is CS(=O)(=O)CCc1cc(F)cc(-c2cccc3[nH]c(-c4[nH]nc5ncc(-c6cncc(CN7CCCC7)c6)cc45)cc23)c1. The van der Waals surface area contributed by atoms with Crippen molar-refractivity contribution in [2.75, 3.05) is 25.1 Å². The minimum absolute atomic E-state index is 0.0316. The Bertz CT molecular complexity index is 2080. The first-order valence-electron chi connectivity index (χ1n) is 14.4. The Balaban J connectivity index is 1.24. The second-order valence-electron chi connectivity index (χ2n) is 11.4. The lowest BCUT2D eigenvalue weighted by Gasteiger charge is -2.14. The molecule has 2 N–H and O–H groups in total. The average Bonchev–Trinajstić information content (AvgIpc) is 3.75. The van der Waals surface area contributed by atoms with Gasteiger partial charge in [-0.2, -0.15) is 5.10 Å². The molecule has 0 spiro atoms. The molecule has 1 fully saturated rings. The first-order valence-corrected chi connectivity index (χ1v) is 16.5. The van der Waals surface area contributed by atoms with E-state index in [1.807, 2.05) is 48.9 Å². The number of sulfone groups is 1. The number of halogens is 1. The molecule has 8 nitrogen and oxygen atoms in total. The summed E-state index contributed by atoms with van der Waals surface area (Å²) in [5.41, 5.74) is 8.48. The zero-order valence-corrected chi connectivity index (χ0v) is 24.6. The van der Waals surface area contributed by atoms with Crippen LogP contribution < -0.4 is 0 Å². The summed E-state index contributed by atoms with van der Waals surface area (Å²) in [5, 5.41) is 9.41. The normalized spacial score (nSPS) is 14.3. The third-order valence-corrected chi connectivity index (χ3v) is 9.05. The van der Waals surface area contributed by atoms with Gasteiger partial charge in [0.15, 0.2) is 5.65 Å². The standard InChI is InChI=1S/C33H31FN6O2S/c1-43(41,42)10-7-21-11-23(14-26(34)13-21)27-5-4-6-30-28(27)16-31(37-30)32-29-15-25(19-36-33(29)39-38-32)24-12-22(17-35-18-24)20-40-8-2-3-9-40/h4-6,11-19,37H,2-3,7-10,20H2,1H3,(H,36,38,39). The van der Waals surface area contributed by atoms with Gasteiger partial charge in [-0.25, -0.2) is 17.8 Å². The summed E-state index contributed by atoms with van der Waals surface area (Å²) in [7, 11) is -3.16. The van der Waals surface area contributed by atoms with Gasteiger partial charge < -0.3 is 4.98 Å². The number of aryl methyl sites for hydroxylation is 1. The highest BCUT2D eigenvalue weighted by Crippen LogP contribution is 2.35. The molecule has 0 atom stereocenters. The molecule has 0 saturated carbocycles. The van der Waals surface area contributed by atoms with Crippen molar-refractivity contribution >= 4 is 31.8 Å². The molecule has 218 valence electrons. The van der Waals surface area contributed by atoms with E-state index in [9.17, 15) is 12.8 Å². The highest BCUT2D eigenvalue weighted by atomic mass is 32.2. The van der Waals surface area contributed by atoms with Gasteiger partial charge in [0.05, 0.1) is 17.1 Å². The molecule has 0 radical (unpaired) electrons. The van der Waals surface area contributed by atoms with E-state index in [-0.39, 0.29) is 12.2 Å². The van der Waals surface area contributed by atoms with Crippen LogP contribution in [-0.4, -0.2) is 63.6 Å². The van der Waals surface area contributed by atoms with E-state index >= 15 is 0 Å². The highest BCUT2D eigenvalue weighted by molar-refractivity contribution is 7.90. The zero-order valence-electron chi connectivity index (χ0n) is 23.8. The fourth-order valence-electron chi connectivity index (χ4n) is 5.99. The molecule has 0 amide bonds. The van der Waals surface area contributed by atoms with Crippen molar-refractivity contribution in [2.24, 2.45) is 0 Å². The number of likely N-dealkylation sites (tertiary alicyclic amines) is 1. The molecule has 0 unspecified atom stereocenters. The van der Waals surface area contributed by atoms with Gasteiger partial charge in [0.25, 0.3) is 0 Å². The lowest BCUT2D eigenvalue weighted by Crippen LogP contribution is -2.18. The van der Waals surface area contributed by atoms with E-state index in [1.165, 1.54) is 36.8 Å². The summed E-state index contributed by atoms with van der Waals surface area (Å²) in [6.45, 7) is 3.16. The Labute approximate surface area is 248 Å². The van der Waals surface area contributed by atoms with Crippen LogP contribution in [0.2, 0.25) is 0 Å². The molecule has 1 aliphatic heterocycles. The number of benzene rings is 2. The Kier molecular flexibility index (Phi) is 7.03. The van der Waals surface area contributed by atoms with Crippen LogP contribution in [0.4, 0.5) is 4.39 Å². The van der Waals surface area contributed by atoms with Crippen LogP contribution in [0.3, 0.4) is 0 Å². The van der Waals surface area contributed by atoms with Crippen LogP contribution in [-0.2, 0) is 22.8 Å². The number of pyridine rings is 2. The molecule has 0 aliphatic carbocycles. The summed E-state index contributed by atoms with van der Waals surface area (Å²) in [5.74, 6) is -0.429. The average molecular weight is 595 g/mol. The van der Waals surface area contributed by atoms with Gasteiger partial charge in [-0.1, -0.05) is 18.2 Å². The number of hydrogen-bond donors (Lipinski definition) is 2. The van der Waals surface area contributed by atoms with Gasteiger partial charge in [0, 0.05) is 58.8 Å². The fourth-order valence-corrected chi connectivity index (χ4v) is 6.60. The maximum absolute atomic E-state index is 14.7. The zero-order chi connectivity index (χ0) is 29.6. The number of hydrogen-bond acceptors (Lipinski definition) is 6. The summed E-state index contributed by atoms with van der Waals surface area (Å²) in [6, 6.07) is 16.9. The van der Waals surface area contributed by atoms with Gasteiger partial charge in [0.2, 0.25) is 0 Å². The van der Waals surface area contributed by atoms with Crippen molar-refractivity contribution in [3.05, 3.63) is 90.1 Å². The molecule has 2 aromatic carbocycles. The van der Waals surface area contributed by atoms with Crippen molar-refractivity contribution in [3.63, 3.8) is 0 Å². The van der Waals surface area contributed by atoms with Crippen molar-refractivity contribution in [3.8, 4) is 33.6 Å². The van der Waals surface area contributed by atoms with Crippen LogP contribution in [0.5, 0.6) is 0 Å². The molecule has 1 aliphatic rings. The van der Waals surface area contributed by atoms with Crippen LogP contribution in [0.1, 0.15) is 24.0 Å². The highest BCUT2D eigenvalue weighted by Gasteiger charge is 2.17. The predicted molar refractivity (Wildman–Crippen MR) is 168 cm³/mol. The molecular weight excluding hydrogens is 563 g/mol. The third-order valence-electron chi connectivity index (χ3n) is 8.11. The van der Waals surface area contributed by atoms with Gasteiger partial charge in [-0.3, -0.25) is 15.0 Å². The second-order valence-corrected chi connectivity index (χ2v) is 13.7. The number of fused-ring (bicyclic) bond motifs is 2. The van der Waals surface area contributed by atoms with Crippen LogP contribution in [0.25, 0.3) is 55.6 Å². The van der Waals surface area contributed by atoms with Crippen molar-refractivity contribution < 1.29 is 12.8 Å². The summed E-state index contributed by atoms with van der Waals surface area (Å²) in [6.07, 6.45) is 9.58. The fraction of sp³-hybridized carbons (Fsp3) is 0.242. The van der Waals surface area contributed by atoms with Gasteiger partial charge >= 0.3 is 0 Å². The van der Waals surface area contributed by atoms with Gasteiger partial charge in [0.1, 0.15) is 15.7 Å². The summed E-state index contributed by atoms with van der Waals surface area (Å²) >= 11 is 0. The van der Waals surface area contributed by atoms with Crippen LogP contribution in [0.15, 0.2) is 73.2 Å². The van der Waals surface area contributed by atoms with E-state index in [1.54, 1.807) is 0 Å². The van der Waals surface area contributed by atoms with E-state index < -0.39 is 15.7 Å². The Hall–Kier alpha value is -4.41. The van der Waals surface area contributed by atoms with Crippen molar-refractivity contribution in [2.45, 2.75) is 25.8 Å². The minimum Gasteiger partial charge on any atom is -0.353 e. The molecule has 0 bridgehead atoms. The lowest BCUT2D eigenvalue weighted by molar-refractivity contribution is 0.331. The first-order chi connectivity index (χ1) is 20.8.